The van der Waals surface area contributed by atoms with Gasteiger partial charge in [-0.1, -0.05) is 57.7 Å². The summed E-state index contributed by atoms with van der Waals surface area (Å²) < 4.78 is 24.5. The first-order valence-corrected chi connectivity index (χ1v) is 12.4. The molecule has 27 heavy (non-hydrogen) atoms. The lowest BCUT2D eigenvalue weighted by Gasteiger charge is -2.29. The molecule has 2 aliphatic heterocycles. The van der Waals surface area contributed by atoms with Crippen molar-refractivity contribution in [2.75, 3.05) is 16.4 Å². The Morgan fingerprint density at radius 1 is 1.22 bits per heavy atom. The molecule has 2 fully saturated rings. The Morgan fingerprint density at radius 3 is 2.41 bits per heavy atom. The van der Waals surface area contributed by atoms with Gasteiger partial charge in [0.05, 0.1) is 17.5 Å². The highest BCUT2D eigenvalue weighted by Crippen LogP contribution is 2.43. The number of thioether (sulfide) groups is 1. The molecule has 0 aromatic heterocycles. The van der Waals surface area contributed by atoms with E-state index in [1.54, 1.807) is 0 Å². The van der Waals surface area contributed by atoms with Crippen molar-refractivity contribution in [2.24, 2.45) is 10.9 Å². The van der Waals surface area contributed by atoms with E-state index in [2.05, 4.69) is 35.9 Å². The fourth-order valence-corrected chi connectivity index (χ4v) is 7.63. The molecule has 3 rings (SSSR count). The maximum absolute atomic E-state index is 12.5. The van der Waals surface area contributed by atoms with Crippen LogP contribution in [0.4, 0.5) is 5.69 Å². The molecular weight excluding hydrogens is 380 g/mol. The molecule has 2 aliphatic rings. The third-order valence-corrected chi connectivity index (χ3v) is 8.72. The van der Waals surface area contributed by atoms with E-state index < -0.39 is 9.84 Å². The lowest BCUT2D eigenvalue weighted by molar-refractivity contribution is -0.121. The molecule has 0 spiro atoms. The van der Waals surface area contributed by atoms with Crippen LogP contribution in [0.1, 0.15) is 45.2 Å². The summed E-state index contributed by atoms with van der Waals surface area (Å²) in [5.74, 6) is 0.0316. The van der Waals surface area contributed by atoms with E-state index in [1.807, 2.05) is 19.9 Å². The Balaban J connectivity index is 2.12. The van der Waals surface area contributed by atoms with Gasteiger partial charge in [0.2, 0.25) is 0 Å². The lowest BCUT2D eigenvalue weighted by Crippen LogP contribution is -2.39. The summed E-state index contributed by atoms with van der Waals surface area (Å²) in [5.41, 5.74) is 3.39. The van der Waals surface area contributed by atoms with Crippen molar-refractivity contribution < 1.29 is 13.2 Å². The number of hydrogen-bond donors (Lipinski definition) is 0. The number of amides is 1. The van der Waals surface area contributed by atoms with Crippen LogP contribution in [-0.2, 0) is 27.5 Å². The summed E-state index contributed by atoms with van der Waals surface area (Å²) in [6.07, 6.45) is 2.44. The number of hydrogen-bond acceptors (Lipinski definition) is 4. The number of aliphatic imine (C=N–C) groups is 1. The maximum Gasteiger partial charge on any atom is 0.250 e. The zero-order valence-corrected chi connectivity index (χ0v) is 18.1. The summed E-state index contributed by atoms with van der Waals surface area (Å²) in [5, 5.41) is 0.605. The fraction of sp³-hybridized carbons (Fsp3) is 0.600. The van der Waals surface area contributed by atoms with Gasteiger partial charge in [0.15, 0.2) is 15.0 Å². The van der Waals surface area contributed by atoms with E-state index >= 15 is 0 Å². The molecule has 148 valence electrons. The van der Waals surface area contributed by atoms with E-state index in [9.17, 15) is 13.2 Å². The second-order valence-electron chi connectivity index (χ2n) is 7.34. The predicted molar refractivity (Wildman–Crippen MR) is 113 cm³/mol. The second-order valence-corrected chi connectivity index (χ2v) is 10.7. The standard InChI is InChI=1S/C20H28N2O3S2/c1-5-13(4)19(23)21-20-22(16-11-27(24,25)12-17(16)26-20)18-14(6-2)9-8-10-15(18)7-3/h8-10,13,16-17H,5-7,11-12H2,1-4H3/t13-,16+,17-/m1/s1. The summed E-state index contributed by atoms with van der Waals surface area (Å²) in [6.45, 7) is 8.07. The van der Waals surface area contributed by atoms with E-state index in [4.69, 9.17) is 0 Å². The molecule has 3 atom stereocenters. The van der Waals surface area contributed by atoms with Gasteiger partial charge < -0.3 is 4.90 Å². The smallest absolute Gasteiger partial charge is 0.250 e. The number of nitrogens with zero attached hydrogens (tertiary/aromatic N) is 2. The second kappa shape index (κ2) is 7.95. The largest absolute Gasteiger partial charge is 0.315 e. The number of benzene rings is 1. The summed E-state index contributed by atoms with van der Waals surface area (Å²) in [7, 11) is -3.06. The van der Waals surface area contributed by atoms with Crippen molar-refractivity contribution in [2.45, 2.75) is 58.2 Å². The van der Waals surface area contributed by atoms with Gasteiger partial charge in [0.1, 0.15) is 0 Å². The van der Waals surface area contributed by atoms with Crippen molar-refractivity contribution in [1.82, 2.24) is 0 Å². The van der Waals surface area contributed by atoms with Crippen LogP contribution in [0, 0.1) is 5.92 Å². The normalized spacial score (nSPS) is 26.4. The maximum atomic E-state index is 12.5. The van der Waals surface area contributed by atoms with Crippen LogP contribution in [0.2, 0.25) is 0 Å². The highest BCUT2D eigenvalue weighted by atomic mass is 32.2. The summed E-state index contributed by atoms with van der Waals surface area (Å²) in [6, 6.07) is 6.07. The van der Waals surface area contributed by atoms with Gasteiger partial charge in [-0.3, -0.25) is 4.79 Å². The Kier molecular flexibility index (Phi) is 6.01. The minimum atomic E-state index is -3.06. The van der Waals surface area contributed by atoms with Gasteiger partial charge in [-0.15, -0.1) is 0 Å². The molecule has 0 aliphatic carbocycles. The molecule has 0 N–H and O–H groups in total. The average molecular weight is 409 g/mol. The van der Waals surface area contributed by atoms with Gasteiger partial charge in [0.25, 0.3) is 5.91 Å². The first-order valence-electron chi connectivity index (χ1n) is 9.70. The fourth-order valence-electron chi connectivity index (χ4n) is 3.73. The summed E-state index contributed by atoms with van der Waals surface area (Å²) in [4.78, 5) is 19.0. The van der Waals surface area contributed by atoms with Crippen LogP contribution in [-0.4, -0.2) is 42.3 Å². The number of para-hydroxylation sites is 1. The number of amidine groups is 1. The minimum absolute atomic E-state index is 0.0619. The van der Waals surface area contributed by atoms with Crippen LogP contribution in [0.15, 0.2) is 23.2 Å². The quantitative estimate of drug-likeness (QED) is 0.746. The summed E-state index contributed by atoms with van der Waals surface area (Å²) >= 11 is 1.46. The zero-order chi connectivity index (χ0) is 19.8. The van der Waals surface area contributed by atoms with Crippen LogP contribution in [0.5, 0.6) is 0 Å². The van der Waals surface area contributed by atoms with Gasteiger partial charge in [-0.05, 0) is 30.4 Å². The van der Waals surface area contributed by atoms with Crippen molar-refractivity contribution in [3.8, 4) is 0 Å². The molecule has 7 heteroatoms. The van der Waals surface area contributed by atoms with Crippen molar-refractivity contribution >= 4 is 38.4 Å². The molecule has 1 amide bonds. The Hall–Kier alpha value is -1.34. The Bertz CT molecular complexity index is 842. The van der Waals surface area contributed by atoms with Crippen LogP contribution < -0.4 is 4.90 Å². The SMILES string of the molecule is CCc1cccc(CC)c1N1C(=NC(=O)[C@H](C)CC)S[C@@H]2CS(=O)(=O)C[C@@H]21. The lowest BCUT2D eigenvalue weighted by atomic mass is 10.0. The van der Waals surface area contributed by atoms with Crippen LogP contribution in [0.25, 0.3) is 0 Å². The third-order valence-electron chi connectivity index (χ3n) is 5.51. The van der Waals surface area contributed by atoms with Gasteiger partial charge in [-0.25, -0.2) is 8.42 Å². The van der Waals surface area contributed by atoms with Gasteiger partial charge in [0, 0.05) is 16.9 Å². The molecule has 0 unspecified atom stereocenters. The van der Waals surface area contributed by atoms with Crippen LogP contribution >= 0.6 is 11.8 Å². The Morgan fingerprint density at radius 2 is 1.85 bits per heavy atom. The first kappa shape index (κ1) is 20.4. The third kappa shape index (κ3) is 3.94. The zero-order valence-electron chi connectivity index (χ0n) is 16.4. The van der Waals surface area contributed by atoms with Crippen LogP contribution in [0.3, 0.4) is 0 Å². The van der Waals surface area contributed by atoms with E-state index in [0.29, 0.717) is 5.17 Å². The van der Waals surface area contributed by atoms with Gasteiger partial charge >= 0.3 is 0 Å². The highest BCUT2D eigenvalue weighted by molar-refractivity contribution is 8.16. The molecule has 2 heterocycles. The molecule has 0 saturated carbocycles. The first-order chi connectivity index (χ1) is 12.8. The highest BCUT2D eigenvalue weighted by Gasteiger charge is 2.50. The molecule has 1 aromatic carbocycles. The van der Waals surface area contributed by atoms with Gasteiger partial charge in [-0.2, -0.15) is 4.99 Å². The van der Waals surface area contributed by atoms with E-state index in [1.165, 1.54) is 22.9 Å². The predicted octanol–water partition coefficient (Wildman–Crippen LogP) is 3.46. The molecule has 2 saturated heterocycles. The number of carbonyl (C=O) groups excluding carboxylic acids is 1. The number of rotatable bonds is 5. The number of carbonyl (C=O) groups is 1. The molecule has 1 aromatic rings. The number of aryl methyl sites for hydroxylation is 2. The van der Waals surface area contributed by atoms with E-state index in [0.717, 1.165) is 24.9 Å². The van der Waals surface area contributed by atoms with E-state index in [-0.39, 0.29) is 34.6 Å². The average Bonchev–Trinajstić information content (AvgIpc) is 3.10. The molecular formula is C20H28N2O3S2. The van der Waals surface area contributed by atoms with Crippen molar-refractivity contribution in [3.05, 3.63) is 29.3 Å². The monoisotopic (exact) mass is 408 g/mol. The Labute approximate surface area is 166 Å². The number of anilines is 1. The molecule has 0 radical (unpaired) electrons. The molecule has 5 nitrogen and oxygen atoms in total. The van der Waals surface area contributed by atoms with Crippen molar-refractivity contribution in [3.63, 3.8) is 0 Å². The molecule has 0 bridgehead atoms. The minimum Gasteiger partial charge on any atom is -0.315 e. The topological polar surface area (TPSA) is 66.8 Å². The number of sulfone groups is 1. The van der Waals surface area contributed by atoms with Crippen molar-refractivity contribution in [1.29, 1.82) is 0 Å². The number of fused-ring (bicyclic) bond motifs is 1.